The van der Waals surface area contributed by atoms with Crippen LogP contribution in [0, 0.1) is 0 Å². The van der Waals surface area contributed by atoms with Crippen LogP contribution in [0.15, 0.2) is 77.7 Å². The Bertz CT molecular complexity index is 1380. The minimum Gasteiger partial charge on any atom is -0.379 e. The second kappa shape index (κ2) is 12.4. The molecule has 208 valence electrons. The van der Waals surface area contributed by atoms with Crippen molar-refractivity contribution in [2.24, 2.45) is 0 Å². The molecule has 0 aromatic heterocycles. The van der Waals surface area contributed by atoms with Gasteiger partial charge in [-0.05, 0) is 41.5 Å². The number of morpholine rings is 1. The monoisotopic (exact) mass is 581 g/mol. The zero-order chi connectivity index (χ0) is 28.0. The Morgan fingerprint density at radius 2 is 1.62 bits per heavy atom. The van der Waals surface area contributed by atoms with Crippen LogP contribution in [0.25, 0.3) is 0 Å². The fourth-order valence-electron chi connectivity index (χ4n) is 4.09. The lowest BCUT2D eigenvalue weighted by molar-refractivity contribution is -0.137. The van der Waals surface area contributed by atoms with Gasteiger partial charge in [-0.3, -0.25) is 14.0 Å². The number of carbonyl (C=O) groups excluding carboxylic acids is 1. The van der Waals surface area contributed by atoms with Gasteiger partial charge in [0.05, 0.1) is 34.4 Å². The van der Waals surface area contributed by atoms with E-state index in [1.807, 2.05) is 24.3 Å². The predicted molar refractivity (Wildman–Crippen MR) is 142 cm³/mol. The quantitative estimate of drug-likeness (QED) is 0.396. The molecule has 3 aromatic rings. The van der Waals surface area contributed by atoms with Crippen molar-refractivity contribution in [1.82, 2.24) is 10.2 Å². The predicted octanol–water partition coefficient (Wildman–Crippen LogP) is 4.70. The molecular weight excluding hydrogens is 555 g/mol. The summed E-state index contributed by atoms with van der Waals surface area (Å²) in [4.78, 5) is 15.0. The van der Waals surface area contributed by atoms with Crippen molar-refractivity contribution >= 4 is 33.2 Å². The molecule has 0 aliphatic carbocycles. The van der Waals surface area contributed by atoms with Crippen molar-refractivity contribution in [1.29, 1.82) is 0 Å². The number of hydrogen-bond donors (Lipinski definition) is 1. The summed E-state index contributed by atoms with van der Waals surface area (Å²) in [6.45, 7) is 3.29. The van der Waals surface area contributed by atoms with E-state index in [2.05, 4.69) is 10.2 Å². The van der Waals surface area contributed by atoms with Crippen LogP contribution < -0.4 is 9.62 Å². The summed E-state index contributed by atoms with van der Waals surface area (Å²) in [5, 5.41) is 2.08. The van der Waals surface area contributed by atoms with Gasteiger partial charge in [-0.15, -0.1) is 0 Å². The fraction of sp³-hybridized carbons (Fsp3) is 0.296. The lowest BCUT2D eigenvalue weighted by Gasteiger charge is -2.26. The van der Waals surface area contributed by atoms with Gasteiger partial charge in [-0.25, -0.2) is 8.42 Å². The molecule has 1 N–H and O–H groups in total. The summed E-state index contributed by atoms with van der Waals surface area (Å²) in [6, 6.07) is 17.5. The Balaban J connectivity index is 1.50. The number of nitrogens with one attached hydrogen (secondary N) is 1. The summed E-state index contributed by atoms with van der Waals surface area (Å²) < 4.78 is 73.3. The Hall–Kier alpha value is -3.12. The highest BCUT2D eigenvalue weighted by atomic mass is 35.5. The average molecular weight is 582 g/mol. The average Bonchev–Trinajstić information content (AvgIpc) is 2.92. The van der Waals surface area contributed by atoms with Gasteiger partial charge in [0.25, 0.3) is 10.0 Å². The number of alkyl halides is 3. The Kier molecular flexibility index (Phi) is 9.16. The van der Waals surface area contributed by atoms with Crippen LogP contribution in [0.3, 0.4) is 0 Å². The number of amides is 1. The van der Waals surface area contributed by atoms with E-state index >= 15 is 0 Å². The third kappa shape index (κ3) is 7.51. The molecular formula is C27H27ClF3N3O4S. The molecule has 1 heterocycles. The van der Waals surface area contributed by atoms with Crippen molar-refractivity contribution in [3.8, 4) is 0 Å². The van der Waals surface area contributed by atoms with Gasteiger partial charge in [0, 0.05) is 26.2 Å². The highest BCUT2D eigenvalue weighted by Crippen LogP contribution is 2.38. The lowest BCUT2D eigenvalue weighted by atomic mass is 10.1. The summed E-state index contributed by atoms with van der Waals surface area (Å²) >= 11 is 5.73. The second-order valence-corrected chi connectivity index (χ2v) is 11.2. The molecule has 1 aliphatic heterocycles. The van der Waals surface area contributed by atoms with E-state index in [4.69, 9.17) is 16.3 Å². The van der Waals surface area contributed by atoms with Crippen molar-refractivity contribution in [3.63, 3.8) is 0 Å². The molecule has 0 atom stereocenters. The van der Waals surface area contributed by atoms with Crippen LogP contribution in [0.2, 0.25) is 5.02 Å². The third-order valence-electron chi connectivity index (χ3n) is 6.18. The van der Waals surface area contributed by atoms with Crippen LogP contribution >= 0.6 is 11.6 Å². The van der Waals surface area contributed by atoms with E-state index in [0.29, 0.717) is 23.6 Å². The molecule has 0 saturated carbocycles. The van der Waals surface area contributed by atoms with Crippen LogP contribution in [0.1, 0.15) is 16.7 Å². The number of halogens is 4. The maximum absolute atomic E-state index is 13.5. The molecule has 0 unspecified atom stereocenters. The van der Waals surface area contributed by atoms with Crippen LogP contribution in [0.4, 0.5) is 18.9 Å². The van der Waals surface area contributed by atoms with Crippen molar-refractivity contribution in [2.45, 2.75) is 24.2 Å². The summed E-state index contributed by atoms with van der Waals surface area (Å²) in [5.41, 5.74) is 0.360. The molecule has 0 spiro atoms. The molecule has 3 aromatic carbocycles. The van der Waals surface area contributed by atoms with Crippen LogP contribution in [-0.2, 0) is 38.8 Å². The molecule has 4 rings (SSSR count). The fourth-order valence-corrected chi connectivity index (χ4v) is 5.75. The molecule has 1 fully saturated rings. The highest BCUT2D eigenvalue weighted by molar-refractivity contribution is 7.92. The minimum absolute atomic E-state index is 0.115. The topological polar surface area (TPSA) is 79.0 Å². The van der Waals surface area contributed by atoms with E-state index in [9.17, 15) is 26.4 Å². The highest BCUT2D eigenvalue weighted by Gasteiger charge is 2.35. The minimum atomic E-state index is -4.81. The number of ether oxygens (including phenoxy) is 1. The Morgan fingerprint density at radius 3 is 2.26 bits per heavy atom. The molecule has 1 amide bonds. The van der Waals surface area contributed by atoms with Crippen LogP contribution in [0.5, 0.6) is 0 Å². The number of benzene rings is 3. The first-order valence-electron chi connectivity index (χ1n) is 12.1. The van der Waals surface area contributed by atoms with Gasteiger partial charge in [-0.2, -0.15) is 13.2 Å². The van der Waals surface area contributed by atoms with Gasteiger partial charge in [0.1, 0.15) is 6.54 Å². The second-order valence-electron chi connectivity index (χ2n) is 8.97. The zero-order valence-electron chi connectivity index (χ0n) is 20.8. The largest absolute Gasteiger partial charge is 0.417 e. The normalized spacial score (nSPS) is 14.7. The van der Waals surface area contributed by atoms with E-state index in [1.54, 1.807) is 6.07 Å². The summed E-state index contributed by atoms with van der Waals surface area (Å²) in [6.07, 6.45) is -4.81. The zero-order valence-corrected chi connectivity index (χ0v) is 22.4. The number of nitrogens with zero attached hydrogens (tertiary/aromatic N) is 2. The first-order chi connectivity index (χ1) is 18.5. The SMILES string of the molecule is O=C(CN(c1ccc(Cl)c(C(F)(F)F)c1)S(=O)(=O)c1ccccc1)NCc1ccc(CN2CCOCC2)cc1. The number of hydrogen-bond acceptors (Lipinski definition) is 5. The third-order valence-corrected chi connectivity index (χ3v) is 8.30. The molecule has 1 aliphatic rings. The smallest absolute Gasteiger partial charge is 0.379 e. The van der Waals surface area contributed by atoms with Crippen molar-refractivity contribution in [2.75, 3.05) is 37.2 Å². The van der Waals surface area contributed by atoms with Crippen molar-refractivity contribution < 1.29 is 31.1 Å². The van der Waals surface area contributed by atoms with Gasteiger partial charge >= 0.3 is 6.18 Å². The Labute approximate surface area is 230 Å². The molecule has 7 nitrogen and oxygen atoms in total. The number of sulfonamides is 1. The summed E-state index contributed by atoms with van der Waals surface area (Å²) in [5.74, 6) is -0.685. The molecule has 1 saturated heterocycles. The maximum atomic E-state index is 13.5. The van der Waals surface area contributed by atoms with E-state index in [1.165, 1.54) is 24.3 Å². The standard InChI is InChI=1S/C27H27ClF3N3O4S/c28-25-11-10-22(16-24(25)27(29,30)31)34(39(36,37)23-4-2-1-3-5-23)19-26(35)32-17-20-6-8-21(9-7-20)18-33-12-14-38-15-13-33/h1-11,16H,12-15,17-19H2,(H,32,35). The van der Waals surface area contributed by atoms with E-state index in [-0.39, 0.29) is 17.1 Å². The first-order valence-corrected chi connectivity index (χ1v) is 13.9. The maximum Gasteiger partial charge on any atom is 0.417 e. The Morgan fingerprint density at radius 1 is 0.974 bits per heavy atom. The van der Waals surface area contributed by atoms with Gasteiger partial charge in [0.2, 0.25) is 5.91 Å². The van der Waals surface area contributed by atoms with Gasteiger partial charge in [0.15, 0.2) is 0 Å². The number of rotatable bonds is 9. The molecule has 12 heteroatoms. The molecule has 0 bridgehead atoms. The summed E-state index contributed by atoms with van der Waals surface area (Å²) in [7, 11) is -4.38. The molecule has 0 radical (unpaired) electrons. The first kappa shape index (κ1) is 28.9. The number of anilines is 1. The van der Waals surface area contributed by atoms with E-state index < -0.39 is 39.2 Å². The molecule has 39 heavy (non-hydrogen) atoms. The van der Waals surface area contributed by atoms with Crippen LogP contribution in [-0.4, -0.2) is 52.1 Å². The van der Waals surface area contributed by atoms with Crippen molar-refractivity contribution in [3.05, 3.63) is 94.5 Å². The van der Waals surface area contributed by atoms with E-state index in [0.717, 1.165) is 42.9 Å². The lowest BCUT2D eigenvalue weighted by Crippen LogP contribution is -2.40. The van der Waals surface area contributed by atoms with Gasteiger partial charge < -0.3 is 10.1 Å². The van der Waals surface area contributed by atoms with Gasteiger partial charge in [-0.1, -0.05) is 54.1 Å². The number of carbonyl (C=O) groups is 1.